The molecule has 1 aromatic carbocycles. The van der Waals surface area contributed by atoms with E-state index in [0.717, 1.165) is 19.3 Å². The van der Waals surface area contributed by atoms with Crippen molar-refractivity contribution in [1.29, 1.82) is 0 Å². The van der Waals surface area contributed by atoms with Gasteiger partial charge in [-0.3, -0.25) is 4.79 Å². The first-order chi connectivity index (χ1) is 10.0. The lowest BCUT2D eigenvalue weighted by Crippen LogP contribution is -2.14. The highest BCUT2D eigenvalue weighted by atomic mass is 79.9. The Morgan fingerprint density at radius 3 is 2.48 bits per heavy atom. The molecule has 0 fully saturated rings. The number of halogens is 1. The third kappa shape index (κ3) is 6.76. The Labute approximate surface area is 134 Å². The fourth-order valence-corrected chi connectivity index (χ4v) is 2.44. The number of hydrogen-bond acceptors (Lipinski definition) is 2. The van der Waals surface area contributed by atoms with E-state index < -0.39 is 5.97 Å². The van der Waals surface area contributed by atoms with Gasteiger partial charge in [0, 0.05) is 10.9 Å². The molecule has 0 atom stereocenters. The van der Waals surface area contributed by atoms with Crippen LogP contribution in [0.15, 0.2) is 22.7 Å². The summed E-state index contributed by atoms with van der Waals surface area (Å²) in [5.41, 5.74) is 0.447. The molecule has 21 heavy (non-hydrogen) atoms. The molecular weight excluding hydrogens is 334 g/mol. The highest BCUT2D eigenvalue weighted by Gasteiger charge is 2.12. The van der Waals surface area contributed by atoms with E-state index in [1.165, 1.54) is 25.3 Å². The summed E-state index contributed by atoms with van der Waals surface area (Å²) in [5, 5.41) is 11.8. The molecule has 1 amide bonds. The molecular formula is C16H22BrNO3. The largest absolute Gasteiger partial charge is 0.478 e. The van der Waals surface area contributed by atoms with Crippen LogP contribution in [-0.2, 0) is 4.79 Å². The molecule has 4 nitrogen and oxygen atoms in total. The van der Waals surface area contributed by atoms with Crippen LogP contribution >= 0.6 is 15.9 Å². The molecule has 0 aliphatic carbocycles. The van der Waals surface area contributed by atoms with Gasteiger partial charge in [0.25, 0.3) is 0 Å². The topological polar surface area (TPSA) is 66.4 Å². The number of hydrogen-bond donors (Lipinski definition) is 2. The Morgan fingerprint density at radius 1 is 1.14 bits per heavy atom. The van der Waals surface area contributed by atoms with Crippen LogP contribution in [0.1, 0.15) is 62.2 Å². The quantitative estimate of drug-likeness (QED) is 0.623. The summed E-state index contributed by atoms with van der Waals surface area (Å²) < 4.78 is 0.675. The monoisotopic (exact) mass is 355 g/mol. The second-order valence-electron chi connectivity index (χ2n) is 5.06. The van der Waals surface area contributed by atoms with E-state index in [2.05, 4.69) is 28.2 Å². The maximum Gasteiger partial charge on any atom is 0.337 e. The molecule has 2 N–H and O–H groups in total. The smallest absolute Gasteiger partial charge is 0.337 e. The van der Waals surface area contributed by atoms with Gasteiger partial charge in [-0.25, -0.2) is 4.79 Å². The number of nitrogens with one attached hydrogen (secondary N) is 1. The molecule has 0 aliphatic heterocycles. The summed E-state index contributed by atoms with van der Waals surface area (Å²) in [5.74, 6) is -1.18. The summed E-state index contributed by atoms with van der Waals surface area (Å²) in [4.78, 5) is 23.0. The molecule has 1 aromatic rings. The summed E-state index contributed by atoms with van der Waals surface area (Å²) in [6.07, 6.45) is 7.14. The Balaban J connectivity index is 2.43. The van der Waals surface area contributed by atoms with Gasteiger partial charge in [0.1, 0.15) is 0 Å². The Bertz CT molecular complexity index is 488. The third-order valence-corrected chi connectivity index (χ3v) is 3.74. The number of benzene rings is 1. The van der Waals surface area contributed by atoms with E-state index in [-0.39, 0.29) is 11.5 Å². The second kappa shape index (κ2) is 9.55. The Kier molecular flexibility index (Phi) is 8.05. The molecule has 116 valence electrons. The highest BCUT2D eigenvalue weighted by Crippen LogP contribution is 2.21. The van der Waals surface area contributed by atoms with Crippen LogP contribution in [0, 0.1) is 0 Å². The van der Waals surface area contributed by atoms with Crippen molar-refractivity contribution < 1.29 is 14.7 Å². The van der Waals surface area contributed by atoms with Crippen LogP contribution in [0.3, 0.4) is 0 Å². The van der Waals surface area contributed by atoms with Crippen molar-refractivity contribution >= 4 is 33.5 Å². The zero-order valence-electron chi connectivity index (χ0n) is 12.3. The summed E-state index contributed by atoms with van der Waals surface area (Å²) in [7, 11) is 0. The first-order valence-corrected chi connectivity index (χ1v) is 8.16. The zero-order valence-corrected chi connectivity index (χ0v) is 13.9. The average molecular weight is 356 g/mol. The van der Waals surface area contributed by atoms with Gasteiger partial charge in [-0.2, -0.15) is 0 Å². The van der Waals surface area contributed by atoms with Gasteiger partial charge in [-0.1, -0.05) is 55.0 Å². The van der Waals surface area contributed by atoms with Gasteiger partial charge >= 0.3 is 5.97 Å². The Hall–Kier alpha value is -1.36. The van der Waals surface area contributed by atoms with E-state index in [9.17, 15) is 9.59 Å². The second-order valence-corrected chi connectivity index (χ2v) is 5.98. The number of carboxylic acids is 1. The molecule has 5 heteroatoms. The average Bonchev–Trinajstić information content (AvgIpc) is 2.44. The van der Waals surface area contributed by atoms with Gasteiger partial charge in [0.05, 0.1) is 11.3 Å². The van der Waals surface area contributed by atoms with E-state index in [1.54, 1.807) is 12.1 Å². The van der Waals surface area contributed by atoms with Gasteiger partial charge in [-0.05, 0) is 24.6 Å². The van der Waals surface area contributed by atoms with Crippen LogP contribution in [0.2, 0.25) is 0 Å². The molecule has 0 saturated heterocycles. The van der Waals surface area contributed by atoms with E-state index in [4.69, 9.17) is 5.11 Å². The van der Waals surface area contributed by atoms with Crippen LogP contribution in [0.5, 0.6) is 0 Å². The van der Waals surface area contributed by atoms with Crippen molar-refractivity contribution in [2.24, 2.45) is 0 Å². The van der Waals surface area contributed by atoms with Crippen molar-refractivity contribution in [2.75, 3.05) is 5.32 Å². The molecule has 0 saturated carbocycles. The van der Waals surface area contributed by atoms with Gasteiger partial charge in [0.15, 0.2) is 0 Å². The molecule has 0 spiro atoms. The number of anilines is 1. The maximum atomic E-state index is 11.8. The van der Waals surface area contributed by atoms with Crippen molar-refractivity contribution in [2.45, 2.75) is 51.9 Å². The number of aromatic carboxylic acids is 1. The molecule has 0 heterocycles. The lowest BCUT2D eigenvalue weighted by Gasteiger charge is -2.09. The number of rotatable bonds is 9. The number of carboxylic acid groups (broad SMARTS) is 1. The van der Waals surface area contributed by atoms with Crippen molar-refractivity contribution in [3.8, 4) is 0 Å². The van der Waals surface area contributed by atoms with Crippen molar-refractivity contribution in [3.05, 3.63) is 28.2 Å². The fourth-order valence-electron chi connectivity index (χ4n) is 2.08. The standard InChI is InChI=1S/C16H22BrNO3/c1-2-3-4-5-6-7-8-15(19)18-14-10-9-12(17)11-13(14)16(20)21/h9-11H,2-8H2,1H3,(H,18,19)(H,20,21). The highest BCUT2D eigenvalue weighted by molar-refractivity contribution is 9.10. The minimum atomic E-state index is -1.05. The van der Waals surface area contributed by atoms with Crippen LogP contribution in [0.4, 0.5) is 5.69 Å². The van der Waals surface area contributed by atoms with Crippen LogP contribution in [0.25, 0.3) is 0 Å². The van der Waals surface area contributed by atoms with Crippen molar-refractivity contribution in [3.63, 3.8) is 0 Å². The van der Waals surface area contributed by atoms with E-state index in [1.807, 2.05) is 0 Å². The summed E-state index contributed by atoms with van der Waals surface area (Å²) >= 11 is 3.23. The number of carbonyl (C=O) groups is 2. The molecule has 0 radical (unpaired) electrons. The zero-order chi connectivity index (χ0) is 15.7. The predicted molar refractivity (Wildman–Crippen MR) is 87.7 cm³/mol. The van der Waals surface area contributed by atoms with Gasteiger partial charge < -0.3 is 10.4 Å². The molecule has 0 aromatic heterocycles. The van der Waals surface area contributed by atoms with Crippen LogP contribution < -0.4 is 5.32 Å². The lowest BCUT2D eigenvalue weighted by molar-refractivity contribution is -0.116. The fraction of sp³-hybridized carbons (Fsp3) is 0.500. The minimum absolute atomic E-state index is 0.0978. The molecule has 0 unspecified atom stereocenters. The summed E-state index contributed by atoms with van der Waals surface area (Å²) in [6, 6.07) is 4.81. The minimum Gasteiger partial charge on any atom is -0.478 e. The number of carbonyl (C=O) groups excluding carboxylic acids is 1. The predicted octanol–water partition coefficient (Wildman–Crippen LogP) is 4.84. The van der Waals surface area contributed by atoms with Gasteiger partial charge in [-0.15, -0.1) is 0 Å². The first kappa shape index (κ1) is 17.7. The number of unbranched alkanes of at least 4 members (excludes halogenated alkanes) is 5. The SMILES string of the molecule is CCCCCCCCC(=O)Nc1ccc(Br)cc1C(=O)O. The van der Waals surface area contributed by atoms with Crippen LogP contribution in [-0.4, -0.2) is 17.0 Å². The lowest BCUT2D eigenvalue weighted by atomic mass is 10.1. The summed E-state index contributed by atoms with van der Waals surface area (Å²) in [6.45, 7) is 2.17. The van der Waals surface area contributed by atoms with Crippen molar-refractivity contribution in [1.82, 2.24) is 0 Å². The van der Waals surface area contributed by atoms with Gasteiger partial charge in [0.2, 0.25) is 5.91 Å². The molecule has 0 bridgehead atoms. The maximum absolute atomic E-state index is 11.8. The van der Waals surface area contributed by atoms with E-state index in [0.29, 0.717) is 16.6 Å². The van der Waals surface area contributed by atoms with E-state index >= 15 is 0 Å². The molecule has 0 aliphatic rings. The number of amides is 1. The first-order valence-electron chi connectivity index (χ1n) is 7.37. The third-order valence-electron chi connectivity index (χ3n) is 3.24. The molecule has 1 rings (SSSR count). The normalized spacial score (nSPS) is 10.4. The Morgan fingerprint density at radius 2 is 1.81 bits per heavy atom.